The standard InChI is InChI=1S/C14H17BrN2O2/c1-9-6-10(8-11(15)7-9)14(19)17-5-3-2-4-12(17)13(16)18/h6-8,12H,2-5H2,1H3,(H2,16,18). The number of amides is 2. The molecular formula is C14H17BrN2O2. The van der Waals surface area contributed by atoms with Gasteiger partial charge in [0.05, 0.1) is 0 Å². The number of halogens is 1. The van der Waals surface area contributed by atoms with E-state index in [-0.39, 0.29) is 5.91 Å². The average Bonchev–Trinajstić information content (AvgIpc) is 2.36. The van der Waals surface area contributed by atoms with E-state index in [2.05, 4.69) is 15.9 Å². The van der Waals surface area contributed by atoms with Crippen molar-refractivity contribution in [1.29, 1.82) is 0 Å². The van der Waals surface area contributed by atoms with E-state index < -0.39 is 11.9 Å². The lowest BCUT2D eigenvalue weighted by Gasteiger charge is -2.33. The minimum Gasteiger partial charge on any atom is -0.368 e. The molecule has 1 heterocycles. The monoisotopic (exact) mass is 324 g/mol. The first-order valence-corrected chi connectivity index (χ1v) is 7.16. The summed E-state index contributed by atoms with van der Waals surface area (Å²) >= 11 is 3.39. The van der Waals surface area contributed by atoms with Crippen molar-refractivity contribution in [1.82, 2.24) is 4.90 Å². The van der Waals surface area contributed by atoms with E-state index in [1.807, 2.05) is 19.1 Å². The van der Waals surface area contributed by atoms with E-state index in [0.29, 0.717) is 18.5 Å². The highest BCUT2D eigenvalue weighted by molar-refractivity contribution is 9.10. The number of carbonyl (C=O) groups excluding carboxylic acids is 2. The van der Waals surface area contributed by atoms with Crippen LogP contribution in [0.15, 0.2) is 22.7 Å². The Labute approximate surface area is 121 Å². The van der Waals surface area contributed by atoms with Crippen LogP contribution in [0.1, 0.15) is 35.2 Å². The summed E-state index contributed by atoms with van der Waals surface area (Å²) in [6, 6.07) is 5.08. The second-order valence-electron chi connectivity index (χ2n) is 4.93. The molecule has 0 radical (unpaired) electrons. The molecule has 19 heavy (non-hydrogen) atoms. The Balaban J connectivity index is 2.28. The summed E-state index contributed by atoms with van der Waals surface area (Å²) in [6.07, 6.45) is 2.52. The lowest BCUT2D eigenvalue weighted by atomic mass is 10.00. The molecule has 1 aromatic carbocycles. The van der Waals surface area contributed by atoms with Gasteiger partial charge in [0.2, 0.25) is 5.91 Å². The molecule has 102 valence electrons. The highest BCUT2D eigenvalue weighted by Crippen LogP contribution is 2.22. The van der Waals surface area contributed by atoms with Gasteiger partial charge in [0.25, 0.3) is 5.91 Å². The number of nitrogens with two attached hydrogens (primary N) is 1. The third-order valence-electron chi connectivity index (χ3n) is 3.38. The first-order valence-electron chi connectivity index (χ1n) is 6.36. The number of hydrogen-bond acceptors (Lipinski definition) is 2. The molecule has 4 nitrogen and oxygen atoms in total. The van der Waals surface area contributed by atoms with Crippen molar-refractivity contribution in [2.75, 3.05) is 6.54 Å². The molecule has 0 saturated carbocycles. The maximum Gasteiger partial charge on any atom is 0.254 e. The number of piperidine rings is 1. The number of nitrogens with zero attached hydrogens (tertiary/aromatic N) is 1. The third-order valence-corrected chi connectivity index (χ3v) is 3.84. The van der Waals surface area contributed by atoms with Gasteiger partial charge in [-0.05, 0) is 49.9 Å². The van der Waals surface area contributed by atoms with Crippen LogP contribution in [0.5, 0.6) is 0 Å². The van der Waals surface area contributed by atoms with Gasteiger partial charge >= 0.3 is 0 Å². The molecule has 1 atom stereocenters. The van der Waals surface area contributed by atoms with Gasteiger partial charge in [0.15, 0.2) is 0 Å². The predicted octanol–water partition coefficient (Wildman–Crippen LogP) is 2.24. The van der Waals surface area contributed by atoms with Crippen LogP contribution in [0.4, 0.5) is 0 Å². The van der Waals surface area contributed by atoms with E-state index in [1.165, 1.54) is 0 Å². The van der Waals surface area contributed by atoms with Gasteiger partial charge in [-0.3, -0.25) is 9.59 Å². The highest BCUT2D eigenvalue weighted by Gasteiger charge is 2.31. The van der Waals surface area contributed by atoms with Gasteiger partial charge in [-0.2, -0.15) is 0 Å². The zero-order valence-corrected chi connectivity index (χ0v) is 12.4. The number of primary amides is 1. The lowest BCUT2D eigenvalue weighted by Crippen LogP contribution is -2.50. The van der Waals surface area contributed by atoms with Gasteiger partial charge in [-0.15, -0.1) is 0 Å². The summed E-state index contributed by atoms with van der Waals surface area (Å²) in [6.45, 7) is 2.53. The Kier molecular flexibility index (Phi) is 4.24. The molecule has 1 fully saturated rings. The Morgan fingerprint density at radius 1 is 1.32 bits per heavy atom. The second kappa shape index (κ2) is 5.74. The fourth-order valence-corrected chi connectivity index (χ4v) is 3.10. The molecule has 2 N–H and O–H groups in total. The van der Waals surface area contributed by atoms with E-state index in [4.69, 9.17) is 5.73 Å². The smallest absolute Gasteiger partial charge is 0.254 e. The topological polar surface area (TPSA) is 63.4 Å². The molecule has 5 heteroatoms. The molecule has 0 spiro atoms. The second-order valence-corrected chi connectivity index (χ2v) is 5.85. The van der Waals surface area contributed by atoms with Gasteiger partial charge in [0.1, 0.15) is 6.04 Å². The van der Waals surface area contributed by atoms with Crippen molar-refractivity contribution in [3.63, 3.8) is 0 Å². The summed E-state index contributed by atoms with van der Waals surface area (Å²) in [4.78, 5) is 25.6. The number of aryl methyl sites for hydroxylation is 1. The fraction of sp³-hybridized carbons (Fsp3) is 0.429. The van der Waals surface area contributed by atoms with Crippen LogP contribution in [0.2, 0.25) is 0 Å². The van der Waals surface area contributed by atoms with Crippen LogP contribution in [0.3, 0.4) is 0 Å². The summed E-state index contributed by atoms with van der Waals surface area (Å²) in [5, 5.41) is 0. The number of rotatable bonds is 2. The van der Waals surface area contributed by atoms with Gasteiger partial charge in [0, 0.05) is 16.6 Å². The van der Waals surface area contributed by atoms with E-state index >= 15 is 0 Å². The predicted molar refractivity (Wildman–Crippen MR) is 76.7 cm³/mol. The quantitative estimate of drug-likeness (QED) is 0.906. The summed E-state index contributed by atoms with van der Waals surface area (Å²) < 4.78 is 0.864. The molecule has 2 amide bonds. The van der Waals surface area contributed by atoms with Gasteiger partial charge < -0.3 is 10.6 Å². The molecule has 1 unspecified atom stereocenters. The Bertz CT molecular complexity index is 496. The number of carbonyl (C=O) groups is 2. The first-order chi connectivity index (χ1) is 8.99. The maximum atomic E-state index is 12.5. The molecule has 1 saturated heterocycles. The highest BCUT2D eigenvalue weighted by atomic mass is 79.9. The summed E-state index contributed by atoms with van der Waals surface area (Å²) in [7, 11) is 0. The zero-order valence-electron chi connectivity index (χ0n) is 10.9. The van der Waals surface area contributed by atoms with Crippen molar-refractivity contribution in [2.45, 2.75) is 32.2 Å². The first kappa shape index (κ1) is 14.1. The molecule has 1 aromatic rings. The molecular weight excluding hydrogens is 308 g/mol. The molecule has 0 bridgehead atoms. The minimum absolute atomic E-state index is 0.118. The molecule has 1 aliphatic heterocycles. The van der Waals surface area contributed by atoms with Crippen molar-refractivity contribution in [3.8, 4) is 0 Å². The lowest BCUT2D eigenvalue weighted by molar-refractivity contribution is -0.123. The molecule has 0 aromatic heterocycles. The summed E-state index contributed by atoms with van der Waals surface area (Å²) in [5.74, 6) is -0.535. The number of hydrogen-bond donors (Lipinski definition) is 1. The van der Waals surface area contributed by atoms with Gasteiger partial charge in [-0.1, -0.05) is 15.9 Å². The number of likely N-dealkylation sites (tertiary alicyclic amines) is 1. The maximum absolute atomic E-state index is 12.5. The van der Waals surface area contributed by atoms with Crippen LogP contribution in [-0.2, 0) is 4.79 Å². The largest absolute Gasteiger partial charge is 0.368 e. The van der Waals surface area contributed by atoms with E-state index in [1.54, 1.807) is 11.0 Å². The Morgan fingerprint density at radius 3 is 2.68 bits per heavy atom. The normalized spacial score (nSPS) is 19.3. The van der Waals surface area contributed by atoms with Crippen LogP contribution in [-0.4, -0.2) is 29.3 Å². The Hall–Kier alpha value is -1.36. The van der Waals surface area contributed by atoms with Crippen LogP contribution >= 0.6 is 15.9 Å². The SMILES string of the molecule is Cc1cc(Br)cc(C(=O)N2CCCCC2C(N)=O)c1. The third kappa shape index (κ3) is 3.15. The Morgan fingerprint density at radius 2 is 2.05 bits per heavy atom. The number of benzene rings is 1. The zero-order chi connectivity index (χ0) is 14.0. The van der Waals surface area contributed by atoms with E-state index in [9.17, 15) is 9.59 Å². The molecule has 1 aliphatic rings. The summed E-state index contributed by atoms with van der Waals surface area (Å²) in [5.41, 5.74) is 6.99. The fourth-order valence-electron chi connectivity index (χ4n) is 2.50. The van der Waals surface area contributed by atoms with Crippen molar-refractivity contribution in [2.24, 2.45) is 5.73 Å². The van der Waals surface area contributed by atoms with Crippen molar-refractivity contribution < 1.29 is 9.59 Å². The minimum atomic E-state index is -0.472. The average molecular weight is 325 g/mol. The van der Waals surface area contributed by atoms with E-state index in [0.717, 1.165) is 22.9 Å². The van der Waals surface area contributed by atoms with Crippen molar-refractivity contribution >= 4 is 27.7 Å². The van der Waals surface area contributed by atoms with Crippen molar-refractivity contribution in [3.05, 3.63) is 33.8 Å². The van der Waals surface area contributed by atoms with Crippen LogP contribution in [0.25, 0.3) is 0 Å². The van der Waals surface area contributed by atoms with Crippen LogP contribution in [0, 0.1) is 6.92 Å². The van der Waals surface area contributed by atoms with Crippen LogP contribution < -0.4 is 5.73 Å². The molecule has 0 aliphatic carbocycles. The molecule has 2 rings (SSSR count). The van der Waals surface area contributed by atoms with Gasteiger partial charge in [-0.25, -0.2) is 0 Å².